The van der Waals surface area contributed by atoms with Gasteiger partial charge in [0, 0.05) is 29.7 Å². The lowest BCUT2D eigenvalue weighted by Gasteiger charge is -2.20. The van der Waals surface area contributed by atoms with Crippen LogP contribution in [0.5, 0.6) is 0 Å². The Morgan fingerprint density at radius 1 is 1.11 bits per heavy atom. The fourth-order valence-corrected chi connectivity index (χ4v) is 2.53. The van der Waals surface area contributed by atoms with Crippen molar-refractivity contribution in [1.82, 2.24) is 9.88 Å². The largest absolute Gasteiger partial charge is 0.350 e. The van der Waals surface area contributed by atoms with Gasteiger partial charge < -0.3 is 9.88 Å². The smallest absolute Gasteiger partial charge is 0.0480 e. The van der Waals surface area contributed by atoms with E-state index in [4.69, 9.17) is 0 Å². The van der Waals surface area contributed by atoms with E-state index in [1.165, 1.54) is 35.7 Å². The van der Waals surface area contributed by atoms with Gasteiger partial charge in [-0.05, 0) is 58.2 Å². The predicted octanol–water partition coefficient (Wildman–Crippen LogP) is 3.89. The Bertz CT molecular complexity index is 532. The summed E-state index contributed by atoms with van der Waals surface area (Å²) < 4.78 is 2.23. The summed E-state index contributed by atoms with van der Waals surface area (Å²) in [5.41, 5.74) is 3.05. The van der Waals surface area contributed by atoms with E-state index >= 15 is 0 Å². The molecule has 0 spiro atoms. The highest BCUT2D eigenvalue weighted by molar-refractivity contribution is 5.83. The van der Waals surface area contributed by atoms with E-state index in [-0.39, 0.29) is 5.54 Å². The molecule has 1 aromatic carbocycles. The highest BCUT2D eigenvalue weighted by Crippen LogP contribution is 2.21. The molecular weight excluding hydrogens is 232 g/mol. The van der Waals surface area contributed by atoms with Crippen molar-refractivity contribution in [3.8, 4) is 0 Å². The minimum atomic E-state index is 0.236. The number of aryl methyl sites for hydroxylation is 2. The van der Waals surface area contributed by atoms with Gasteiger partial charge in [-0.3, -0.25) is 0 Å². The van der Waals surface area contributed by atoms with Crippen LogP contribution in [-0.2, 0) is 13.5 Å². The topological polar surface area (TPSA) is 17.0 Å². The summed E-state index contributed by atoms with van der Waals surface area (Å²) in [5.74, 6) is 0. The number of nitrogens with one attached hydrogen (secondary N) is 1. The summed E-state index contributed by atoms with van der Waals surface area (Å²) in [5, 5.41) is 4.96. The highest BCUT2D eigenvalue weighted by atomic mass is 14.9. The number of benzene rings is 1. The van der Waals surface area contributed by atoms with Crippen LogP contribution in [0.15, 0.2) is 30.5 Å². The third kappa shape index (κ3) is 3.84. The molecule has 0 bridgehead atoms. The fraction of sp³-hybridized carbons (Fsp3) is 0.529. The van der Waals surface area contributed by atoms with Crippen LogP contribution in [-0.4, -0.2) is 16.7 Å². The Kier molecular flexibility index (Phi) is 4.31. The molecule has 0 aliphatic carbocycles. The number of aromatic nitrogens is 1. The van der Waals surface area contributed by atoms with Gasteiger partial charge in [-0.25, -0.2) is 0 Å². The number of para-hydroxylation sites is 1. The molecule has 0 aliphatic heterocycles. The minimum Gasteiger partial charge on any atom is -0.350 e. The number of hydrogen-bond donors (Lipinski definition) is 1. The van der Waals surface area contributed by atoms with Gasteiger partial charge in [0.15, 0.2) is 0 Å². The standard InChI is InChI=1S/C17H26N2/c1-17(2,3)18-12-8-7-9-14-13-19(4)16-11-6-5-10-15(14)16/h5-6,10-11,13,18H,7-9,12H2,1-4H3. The summed E-state index contributed by atoms with van der Waals surface area (Å²) in [4.78, 5) is 0. The SMILES string of the molecule is Cn1cc(CCCCNC(C)(C)C)c2ccccc21. The second-order valence-corrected chi connectivity index (χ2v) is 6.42. The van der Waals surface area contributed by atoms with Crippen molar-refractivity contribution in [1.29, 1.82) is 0 Å². The lowest BCUT2D eigenvalue weighted by molar-refractivity contribution is 0.419. The Balaban J connectivity index is 1.89. The van der Waals surface area contributed by atoms with Crippen LogP contribution in [0.25, 0.3) is 10.9 Å². The second kappa shape index (κ2) is 5.79. The first-order valence-corrected chi connectivity index (χ1v) is 7.25. The van der Waals surface area contributed by atoms with E-state index in [1.807, 2.05) is 0 Å². The lowest BCUT2D eigenvalue weighted by atomic mass is 10.1. The Morgan fingerprint density at radius 3 is 2.58 bits per heavy atom. The molecule has 0 atom stereocenters. The molecule has 1 heterocycles. The average molecular weight is 258 g/mol. The van der Waals surface area contributed by atoms with E-state index in [0.717, 1.165) is 6.54 Å². The summed E-state index contributed by atoms with van der Waals surface area (Å²) >= 11 is 0. The van der Waals surface area contributed by atoms with Crippen molar-refractivity contribution in [2.45, 2.75) is 45.6 Å². The molecule has 1 aromatic heterocycles. The maximum absolute atomic E-state index is 3.55. The van der Waals surface area contributed by atoms with E-state index in [2.05, 4.69) is 68.2 Å². The Morgan fingerprint density at radius 2 is 1.84 bits per heavy atom. The molecule has 104 valence electrons. The number of hydrogen-bond acceptors (Lipinski definition) is 1. The van der Waals surface area contributed by atoms with Gasteiger partial charge in [0.1, 0.15) is 0 Å². The number of rotatable bonds is 5. The summed E-state index contributed by atoms with van der Waals surface area (Å²) in [6.07, 6.45) is 5.94. The predicted molar refractivity (Wildman–Crippen MR) is 83.6 cm³/mol. The summed E-state index contributed by atoms with van der Waals surface area (Å²) in [7, 11) is 2.13. The van der Waals surface area contributed by atoms with Gasteiger partial charge in [0.2, 0.25) is 0 Å². The fourth-order valence-electron chi connectivity index (χ4n) is 2.53. The van der Waals surface area contributed by atoms with Gasteiger partial charge in [0.05, 0.1) is 0 Å². The molecule has 0 aliphatic rings. The van der Waals surface area contributed by atoms with Crippen LogP contribution < -0.4 is 5.32 Å². The van der Waals surface area contributed by atoms with E-state index < -0.39 is 0 Å². The highest BCUT2D eigenvalue weighted by Gasteiger charge is 2.08. The van der Waals surface area contributed by atoms with Crippen LogP contribution >= 0.6 is 0 Å². The molecular formula is C17H26N2. The van der Waals surface area contributed by atoms with Crippen molar-refractivity contribution < 1.29 is 0 Å². The zero-order valence-electron chi connectivity index (χ0n) is 12.7. The summed E-state index contributed by atoms with van der Waals surface area (Å²) in [6, 6.07) is 8.67. The minimum absolute atomic E-state index is 0.236. The molecule has 2 rings (SSSR count). The maximum atomic E-state index is 3.55. The molecule has 0 saturated heterocycles. The van der Waals surface area contributed by atoms with Crippen molar-refractivity contribution >= 4 is 10.9 Å². The molecule has 2 aromatic rings. The molecule has 1 N–H and O–H groups in total. The maximum Gasteiger partial charge on any atom is 0.0480 e. The first-order chi connectivity index (χ1) is 8.97. The quantitative estimate of drug-likeness (QED) is 0.805. The zero-order valence-corrected chi connectivity index (χ0v) is 12.7. The number of fused-ring (bicyclic) bond motifs is 1. The molecule has 2 heteroatoms. The molecule has 19 heavy (non-hydrogen) atoms. The van der Waals surface area contributed by atoms with Crippen molar-refractivity contribution in [2.24, 2.45) is 7.05 Å². The van der Waals surface area contributed by atoms with Crippen LogP contribution in [0.4, 0.5) is 0 Å². The molecule has 2 nitrogen and oxygen atoms in total. The molecule has 0 saturated carbocycles. The van der Waals surface area contributed by atoms with Crippen molar-refractivity contribution in [3.05, 3.63) is 36.0 Å². The second-order valence-electron chi connectivity index (χ2n) is 6.42. The Labute approximate surface area is 116 Å². The molecule has 0 radical (unpaired) electrons. The van der Waals surface area contributed by atoms with Crippen LogP contribution in [0.1, 0.15) is 39.2 Å². The van der Waals surface area contributed by atoms with Crippen LogP contribution in [0, 0.1) is 0 Å². The lowest BCUT2D eigenvalue weighted by Crippen LogP contribution is -2.36. The zero-order chi connectivity index (χ0) is 13.9. The monoisotopic (exact) mass is 258 g/mol. The van der Waals surface area contributed by atoms with Gasteiger partial charge in [-0.2, -0.15) is 0 Å². The van der Waals surface area contributed by atoms with Crippen molar-refractivity contribution in [2.75, 3.05) is 6.54 Å². The summed E-state index contributed by atoms with van der Waals surface area (Å²) in [6.45, 7) is 7.77. The number of unbranched alkanes of at least 4 members (excludes halogenated alkanes) is 1. The first kappa shape index (κ1) is 14.1. The van der Waals surface area contributed by atoms with E-state index in [9.17, 15) is 0 Å². The van der Waals surface area contributed by atoms with Gasteiger partial charge in [-0.15, -0.1) is 0 Å². The van der Waals surface area contributed by atoms with Gasteiger partial charge >= 0.3 is 0 Å². The van der Waals surface area contributed by atoms with Gasteiger partial charge in [-0.1, -0.05) is 18.2 Å². The number of nitrogens with zero attached hydrogens (tertiary/aromatic N) is 1. The molecule has 0 fully saturated rings. The molecule has 0 unspecified atom stereocenters. The van der Waals surface area contributed by atoms with Crippen LogP contribution in [0.2, 0.25) is 0 Å². The third-order valence-corrected chi connectivity index (χ3v) is 3.51. The average Bonchev–Trinajstić information content (AvgIpc) is 2.65. The Hall–Kier alpha value is -1.28. The van der Waals surface area contributed by atoms with Crippen molar-refractivity contribution in [3.63, 3.8) is 0 Å². The first-order valence-electron chi connectivity index (χ1n) is 7.25. The van der Waals surface area contributed by atoms with E-state index in [1.54, 1.807) is 0 Å². The molecule has 0 amide bonds. The third-order valence-electron chi connectivity index (χ3n) is 3.51. The van der Waals surface area contributed by atoms with Crippen LogP contribution in [0.3, 0.4) is 0 Å². The van der Waals surface area contributed by atoms with Gasteiger partial charge in [0.25, 0.3) is 0 Å². The normalized spacial score (nSPS) is 12.2. The van der Waals surface area contributed by atoms with E-state index in [0.29, 0.717) is 0 Å².